The van der Waals surface area contributed by atoms with E-state index in [1.54, 1.807) is 24.3 Å². The van der Waals surface area contributed by atoms with Crippen LogP contribution in [0.15, 0.2) is 60.7 Å². The van der Waals surface area contributed by atoms with Crippen molar-refractivity contribution in [2.45, 2.75) is 31.2 Å². The number of nitrogens with one attached hydrogen (secondary N) is 2. The van der Waals surface area contributed by atoms with Gasteiger partial charge < -0.3 is 15.4 Å². The third-order valence-corrected chi connectivity index (χ3v) is 5.24. The number of hydrogen-bond acceptors (Lipinski definition) is 4. The molecule has 3 aromatic rings. The molecule has 1 aliphatic heterocycles. The van der Waals surface area contributed by atoms with Gasteiger partial charge in [-0.15, -0.1) is 0 Å². The number of hydrogen-bond donors (Lipinski definition) is 2. The molecular formula is C22H21F3N4O2. The Balaban J connectivity index is 1.57. The van der Waals surface area contributed by atoms with Gasteiger partial charge >= 0.3 is 6.18 Å². The van der Waals surface area contributed by atoms with E-state index in [9.17, 15) is 18.0 Å². The lowest BCUT2D eigenvalue weighted by Crippen LogP contribution is -2.35. The number of carbonyl (C=O) groups excluding carboxylic acids is 1. The molecule has 0 fully saturated rings. The number of aromatic nitrogens is 2. The fourth-order valence-electron chi connectivity index (χ4n) is 3.61. The molecule has 2 N–H and O–H groups in total. The van der Waals surface area contributed by atoms with Crippen LogP contribution in [-0.4, -0.2) is 29.0 Å². The van der Waals surface area contributed by atoms with Gasteiger partial charge in [0, 0.05) is 19.0 Å². The number of halogens is 3. The minimum Gasteiger partial charge on any atom is -0.497 e. The quantitative estimate of drug-likeness (QED) is 0.626. The van der Waals surface area contributed by atoms with Crippen LogP contribution in [0.2, 0.25) is 0 Å². The van der Waals surface area contributed by atoms with Crippen LogP contribution >= 0.6 is 0 Å². The molecule has 0 bridgehead atoms. The maximum absolute atomic E-state index is 13.8. The number of alkyl halides is 3. The maximum atomic E-state index is 13.8. The molecule has 0 saturated heterocycles. The normalized spacial score (nSPS) is 18.1. The molecule has 2 atom stereocenters. The summed E-state index contributed by atoms with van der Waals surface area (Å²) in [5.74, 6) is 0.239. The molecule has 2 aromatic carbocycles. The maximum Gasteiger partial charge on any atom is 0.410 e. The lowest BCUT2D eigenvalue weighted by molar-refractivity contribution is -0.173. The van der Waals surface area contributed by atoms with Gasteiger partial charge in [-0.1, -0.05) is 42.5 Å². The molecule has 1 amide bonds. The summed E-state index contributed by atoms with van der Waals surface area (Å²) in [6.45, 7) is 0.256. The summed E-state index contributed by atoms with van der Waals surface area (Å²) in [6.07, 6.45) is -4.75. The van der Waals surface area contributed by atoms with Crippen molar-refractivity contribution in [1.82, 2.24) is 15.1 Å². The van der Waals surface area contributed by atoms with Crippen molar-refractivity contribution >= 4 is 11.7 Å². The molecule has 0 saturated carbocycles. The van der Waals surface area contributed by atoms with E-state index in [0.717, 1.165) is 10.2 Å². The number of methoxy groups -OCH3 is 1. The van der Waals surface area contributed by atoms with Gasteiger partial charge in [-0.3, -0.25) is 4.79 Å². The molecule has 0 aliphatic carbocycles. The van der Waals surface area contributed by atoms with Gasteiger partial charge in [0.1, 0.15) is 11.6 Å². The van der Waals surface area contributed by atoms with E-state index in [2.05, 4.69) is 15.7 Å². The zero-order chi connectivity index (χ0) is 22.0. The van der Waals surface area contributed by atoms with E-state index in [4.69, 9.17) is 4.74 Å². The SMILES string of the molecule is COc1ccc(C2CC(C(F)(F)F)n3nc(C(=O)NCc4ccccc4)cc3N2)cc1. The third kappa shape index (κ3) is 4.50. The Labute approximate surface area is 177 Å². The fourth-order valence-corrected chi connectivity index (χ4v) is 3.61. The molecule has 2 heterocycles. The highest BCUT2D eigenvalue weighted by molar-refractivity contribution is 5.93. The van der Waals surface area contributed by atoms with E-state index >= 15 is 0 Å². The minimum atomic E-state index is -4.51. The molecule has 0 radical (unpaired) electrons. The summed E-state index contributed by atoms with van der Waals surface area (Å²) < 4.78 is 47.4. The Morgan fingerprint density at radius 1 is 1.19 bits per heavy atom. The number of rotatable bonds is 5. The topological polar surface area (TPSA) is 68.2 Å². The Kier molecular flexibility index (Phi) is 5.58. The molecule has 2 unspecified atom stereocenters. The highest BCUT2D eigenvalue weighted by Gasteiger charge is 2.46. The molecule has 4 rings (SSSR count). The Morgan fingerprint density at radius 3 is 2.55 bits per heavy atom. The summed E-state index contributed by atoms with van der Waals surface area (Å²) in [7, 11) is 1.52. The van der Waals surface area contributed by atoms with Gasteiger partial charge in [0.15, 0.2) is 11.7 Å². The van der Waals surface area contributed by atoms with Crippen LogP contribution in [0.25, 0.3) is 0 Å². The van der Waals surface area contributed by atoms with E-state index in [0.29, 0.717) is 11.3 Å². The third-order valence-electron chi connectivity index (χ3n) is 5.24. The molecular weight excluding hydrogens is 409 g/mol. The molecule has 0 spiro atoms. The largest absolute Gasteiger partial charge is 0.497 e. The molecule has 31 heavy (non-hydrogen) atoms. The first-order valence-electron chi connectivity index (χ1n) is 9.74. The van der Waals surface area contributed by atoms with Crippen LogP contribution in [0.3, 0.4) is 0 Å². The first-order valence-corrected chi connectivity index (χ1v) is 9.74. The van der Waals surface area contributed by atoms with E-state index < -0.39 is 24.2 Å². The highest BCUT2D eigenvalue weighted by atomic mass is 19.4. The molecule has 162 valence electrons. The minimum absolute atomic E-state index is 0.0666. The first-order chi connectivity index (χ1) is 14.8. The molecule has 1 aliphatic rings. The average molecular weight is 430 g/mol. The predicted molar refractivity (Wildman–Crippen MR) is 109 cm³/mol. The Morgan fingerprint density at radius 2 is 1.90 bits per heavy atom. The standard InChI is InChI=1S/C22H21F3N4O2/c1-31-16-9-7-15(8-10-16)17-11-19(22(23,24)25)29-20(27-17)12-18(28-29)21(30)26-13-14-5-3-2-4-6-14/h2-10,12,17,19,27H,11,13H2,1H3,(H,26,30). The molecule has 6 nitrogen and oxygen atoms in total. The number of nitrogens with zero attached hydrogens (tertiary/aromatic N) is 2. The first kappa shape index (κ1) is 20.8. The molecule has 9 heteroatoms. The summed E-state index contributed by atoms with van der Waals surface area (Å²) in [6, 6.07) is 15.0. The number of fused-ring (bicyclic) bond motifs is 1. The second-order valence-electron chi connectivity index (χ2n) is 7.29. The van der Waals surface area contributed by atoms with Crippen LogP contribution in [0.1, 0.15) is 40.1 Å². The highest BCUT2D eigenvalue weighted by Crippen LogP contribution is 2.43. The van der Waals surface area contributed by atoms with Crippen LogP contribution in [0, 0.1) is 0 Å². The van der Waals surface area contributed by atoms with Crippen molar-refractivity contribution in [3.63, 3.8) is 0 Å². The fraction of sp³-hybridized carbons (Fsp3) is 0.273. The number of anilines is 1. The number of amides is 1. The second kappa shape index (κ2) is 8.33. The van der Waals surface area contributed by atoms with Gasteiger partial charge in [-0.25, -0.2) is 4.68 Å². The van der Waals surface area contributed by atoms with Crippen molar-refractivity contribution in [3.8, 4) is 5.75 Å². The average Bonchev–Trinajstić information content (AvgIpc) is 3.21. The zero-order valence-electron chi connectivity index (χ0n) is 16.7. The van der Waals surface area contributed by atoms with Crippen LogP contribution in [-0.2, 0) is 6.54 Å². The molecule has 1 aromatic heterocycles. The summed E-state index contributed by atoms with van der Waals surface area (Å²) in [4.78, 5) is 12.5. The monoisotopic (exact) mass is 430 g/mol. The van der Waals surface area contributed by atoms with E-state index in [1.165, 1.54) is 13.2 Å². The van der Waals surface area contributed by atoms with Gasteiger partial charge in [-0.2, -0.15) is 18.3 Å². The van der Waals surface area contributed by atoms with Crippen LogP contribution < -0.4 is 15.4 Å². The van der Waals surface area contributed by atoms with E-state index in [1.807, 2.05) is 30.3 Å². The Bertz CT molecular complexity index is 1050. The van der Waals surface area contributed by atoms with Crippen molar-refractivity contribution in [3.05, 3.63) is 77.5 Å². The van der Waals surface area contributed by atoms with Crippen molar-refractivity contribution in [1.29, 1.82) is 0 Å². The number of ether oxygens (including phenoxy) is 1. The van der Waals surface area contributed by atoms with Gasteiger partial charge in [0.2, 0.25) is 0 Å². The smallest absolute Gasteiger partial charge is 0.410 e. The van der Waals surface area contributed by atoms with Crippen LogP contribution in [0.5, 0.6) is 5.75 Å². The summed E-state index contributed by atoms with van der Waals surface area (Å²) in [5.41, 5.74) is 1.51. The van der Waals surface area contributed by atoms with Crippen molar-refractivity contribution < 1.29 is 22.7 Å². The summed E-state index contributed by atoms with van der Waals surface area (Å²) >= 11 is 0. The van der Waals surface area contributed by atoms with Crippen molar-refractivity contribution in [2.75, 3.05) is 12.4 Å². The van der Waals surface area contributed by atoms with E-state index in [-0.39, 0.29) is 24.5 Å². The number of benzene rings is 2. The lowest BCUT2D eigenvalue weighted by Gasteiger charge is -2.33. The lowest BCUT2D eigenvalue weighted by atomic mass is 9.97. The van der Waals surface area contributed by atoms with Crippen LogP contribution in [0.4, 0.5) is 19.0 Å². The predicted octanol–water partition coefficient (Wildman–Crippen LogP) is 4.48. The van der Waals surface area contributed by atoms with Crippen molar-refractivity contribution in [2.24, 2.45) is 0 Å². The zero-order valence-corrected chi connectivity index (χ0v) is 16.7. The summed E-state index contributed by atoms with van der Waals surface area (Å²) in [5, 5.41) is 9.75. The van der Waals surface area contributed by atoms with Gasteiger partial charge in [-0.05, 0) is 23.3 Å². The number of carbonyl (C=O) groups is 1. The van der Waals surface area contributed by atoms with Gasteiger partial charge in [0.05, 0.1) is 13.2 Å². The van der Waals surface area contributed by atoms with Gasteiger partial charge in [0.25, 0.3) is 5.91 Å². The second-order valence-corrected chi connectivity index (χ2v) is 7.29. The Hall–Kier alpha value is -3.49.